The highest BCUT2D eigenvalue weighted by Crippen LogP contribution is 2.21. The van der Waals surface area contributed by atoms with Crippen LogP contribution in [-0.2, 0) is 0 Å². The van der Waals surface area contributed by atoms with Crippen molar-refractivity contribution in [2.24, 2.45) is 0 Å². The van der Waals surface area contributed by atoms with Gasteiger partial charge in [0.25, 0.3) is 0 Å². The third kappa shape index (κ3) is 1.99. The topological polar surface area (TPSA) is 33.0 Å². The number of nitrogens with zero attached hydrogens (tertiary/aromatic N) is 1. The van der Waals surface area contributed by atoms with Crippen molar-refractivity contribution in [1.29, 1.82) is 5.26 Å². The molecule has 1 rings (SSSR count). The molecule has 0 heterocycles. The molecular formula is C10H5F2NO. The van der Waals surface area contributed by atoms with Gasteiger partial charge in [0.15, 0.2) is 17.6 Å². The third-order valence-corrected chi connectivity index (χ3v) is 1.48. The largest absolute Gasteiger partial charge is 0.494 e. The van der Waals surface area contributed by atoms with E-state index in [4.69, 9.17) is 5.26 Å². The van der Waals surface area contributed by atoms with Crippen LogP contribution in [0.2, 0.25) is 0 Å². The number of methoxy groups -OCH3 is 1. The molecule has 0 aliphatic rings. The Morgan fingerprint density at radius 2 is 2.07 bits per heavy atom. The molecule has 0 spiro atoms. The van der Waals surface area contributed by atoms with Crippen LogP contribution in [0.3, 0.4) is 0 Å². The van der Waals surface area contributed by atoms with E-state index in [1.165, 1.54) is 13.2 Å². The standard InChI is InChI=1S/C10H5F2NO/c1-14-9-6-7(3-2-4-13)5-8(11)10(9)12/h5-6H,1H3. The molecule has 0 saturated carbocycles. The molecule has 0 aromatic heterocycles. The SMILES string of the molecule is COc1cc(C#CC#N)cc(F)c1F. The van der Waals surface area contributed by atoms with Gasteiger partial charge in [-0.1, -0.05) is 5.92 Å². The Labute approximate surface area is 79.7 Å². The molecule has 70 valence electrons. The summed E-state index contributed by atoms with van der Waals surface area (Å²) in [6.07, 6.45) is 0. The molecule has 0 saturated heterocycles. The molecule has 1 aromatic carbocycles. The van der Waals surface area contributed by atoms with E-state index in [9.17, 15) is 8.78 Å². The van der Waals surface area contributed by atoms with Crippen LogP contribution in [-0.4, -0.2) is 7.11 Å². The van der Waals surface area contributed by atoms with Gasteiger partial charge < -0.3 is 4.74 Å². The normalized spacial score (nSPS) is 8.43. The second kappa shape index (κ2) is 4.25. The predicted molar refractivity (Wildman–Crippen MR) is 45.4 cm³/mol. The maximum Gasteiger partial charge on any atom is 0.200 e. The first-order valence-corrected chi connectivity index (χ1v) is 3.62. The summed E-state index contributed by atoms with van der Waals surface area (Å²) in [5, 5.41) is 8.16. The van der Waals surface area contributed by atoms with Gasteiger partial charge >= 0.3 is 0 Å². The highest BCUT2D eigenvalue weighted by molar-refractivity contribution is 5.43. The number of nitriles is 1. The van der Waals surface area contributed by atoms with E-state index >= 15 is 0 Å². The average Bonchev–Trinajstić information content (AvgIpc) is 2.19. The van der Waals surface area contributed by atoms with E-state index in [-0.39, 0.29) is 11.3 Å². The van der Waals surface area contributed by atoms with Crippen LogP contribution in [0.1, 0.15) is 5.56 Å². The van der Waals surface area contributed by atoms with Crippen LogP contribution in [0.5, 0.6) is 5.75 Å². The first-order chi connectivity index (χ1) is 6.69. The lowest BCUT2D eigenvalue weighted by atomic mass is 10.2. The maximum atomic E-state index is 12.9. The predicted octanol–water partition coefficient (Wildman–Crippen LogP) is 1.85. The molecule has 0 atom stereocenters. The zero-order valence-electron chi connectivity index (χ0n) is 7.27. The molecule has 0 N–H and O–H groups in total. The van der Waals surface area contributed by atoms with Gasteiger partial charge in [0.05, 0.1) is 7.11 Å². The summed E-state index contributed by atoms with van der Waals surface area (Å²) >= 11 is 0. The molecule has 0 aliphatic carbocycles. The molecule has 0 aliphatic heterocycles. The Kier molecular flexibility index (Phi) is 3.04. The van der Waals surface area contributed by atoms with Gasteiger partial charge in [0.1, 0.15) is 0 Å². The fourth-order valence-corrected chi connectivity index (χ4v) is 0.885. The molecule has 4 heteroatoms. The summed E-state index contributed by atoms with van der Waals surface area (Å²) in [4.78, 5) is 0. The molecule has 0 amide bonds. The van der Waals surface area contributed by atoms with Crippen molar-refractivity contribution in [2.75, 3.05) is 7.11 Å². The third-order valence-electron chi connectivity index (χ3n) is 1.48. The van der Waals surface area contributed by atoms with Crippen molar-refractivity contribution in [3.8, 4) is 23.7 Å². The maximum absolute atomic E-state index is 12.9. The molecule has 14 heavy (non-hydrogen) atoms. The highest BCUT2D eigenvalue weighted by Gasteiger charge is 2.09. The monoisotopic (exact) mass is 193 g/mol. The summed E-state index contributed by atoms with van der Waals surface area (Å²) in [6, 6.07) is 3.70. The Morgan fingerprint density at radius 3 is 2.64 bits per heavy atom. The second-order valence-electron chi connectivity index (χ2n) is 2.34. The van der Waals surface area contributed by atoms with Crippen molar-refractivity contribution in [3.63, 3.8) is 0 Å². The van der Waals surface area contributed by atoms with E-state index in [1.54, 1.807) is 6.07 Å². The van der Waals surface area contributed by atoms with Gasteiger partial charge in [0, 0.05) is 11.5 Å². The van der Waals surface area contributed by atoms with Crippen LogP contribution in [0, 0.1) is 34.8 Å². The number of halogens is 2. The lowest BCUT2D eigenvalue weighted by Crippen LogP contribution is -1.93. The summed E-state index contributed by atoms with van der Waals surface area (Å²) < 4.78 is 30.3. The van der Waals surface area contributed by atoms with Crippen LogP contribution >= 0.6 is 0 Å². The fraction of sp³-hybridized carbons (Fsp3) is 0.100. The average molecular weight is 193 g/mol. The van der Waals surface area contributed by atoms with Crippen LogP contribution < -0.4 is 4.74 Å². The van der Waals surface area contributed by atoms with E-state index in [0.29, 0.717) is 0 Å². The minimum atomic E-state index is -1.06. The zero-order valence-corrected chi connectivity index (χ0v) is 7.27. The van der Waals surface area contributed by atoms with E-state index in [2.05, 4.69) is 16.6 Å². The van der Waals surface area contributed by atoms with Gasteiger partial charge in [-0.2, -0.15) is 9.65 Å². The quantitative estimate of drug-likeness (QED) is 0.637. The Balaban J connectivity index is 3.24. The summed E-state index contributed by atoms with van der Waals surface area (Å²) in [7, 11) is 1.22. The molecular weight excluding hydrogens is 188 g/mol. The lowest BCUT2D eigenvalue weighted by Gasteiger charge is -2.02. The minimum Gasteiger partial charge on any atom is -0.494 e. The summed E-state index contributed by atoms with van der Waals surface area (Å²) in [5.74, 6) is 2.07. The number of hydrogen-bond acceptors (Lipinski definition) is 2. The second-order valence-corrected chi connectivity index (χ2v) is 2.34. The van der Waals surface area contributed by atoms with Crippen LogP contribution in [0.15, 0.2) is 12.1 Å². The number of hydrogen-bond donors (Lipinski definition) is 0. The van der Waals surface area contributed by atoms with Gasteiger partial charge in [-0.3, -0.25) is 0 Å². The Hall–Kier alpha value is -2.07. The Morgan fingerprint density at radius 1 is 1.36 bits per heavy atom. The van der Waals surface area contributed by atoms with E-state index in [0.717, 1.165) is 6.07 Å². The summed E-state index contributed by atoms with van der Waals surface area (Å²) in [5.41, 5.74) is 0.197. The first kappa shape index (κ1) is 10.0. The van der Waals surface area contributed by atoms with Crippen molar-refractivity contribution in [1.82, 2.24) is 0 Å². The van der Waals surface area contributed by atoms with Crippen molar-refractivity contribution >= 4 is 0 Å². The van der Waals surface area contributed by atoms with Gasteiger partial charge in [0.2, 0.25) is 5.82 Å². The molecule has 0 fully saturated rings. The molecule has 0 unspecified atom stereocenters. The number of ether oxygens (including phenoxy) is 1. The zero-order chi connectivity index (χ0) is 10.6. The smallest absolute Gasteiger partial charge is 0.200 e. The van der Waals surface area contributed by atoms with Crippen molar-refractivity contribution < 1.29 is 13.5 Å². The van der Waals surface area contributed by atoms with E-state index in [1.807, 2.05) is 0 Å². The first-order valence-electron chi connectivity index (χ1n) is 3.62. The number of benzene rings is 1. The van der Waals surface area contributed by atoms with Crippen molar-refractivity contribution in [2.45, 2.75) is 0 Å². The van der Waals surface area contributed by atoms with Crippen LogP contribution in [0.4, 0.5) is 8.78 Å². The molecule has 1 aromatic rings. The highest BCUT2D eigenvalue weighted by atomic mass is 19.2. The minimum absolute atomic E-state index is 0.197. The number of rotatable bonds is 1. The van der Waals surface area contributed by atoms with Gasteiger partial charge in [-0.25, -0.2) is 4.39 Å². The van der Waals surface area contributed by atoms with E-state index < -0.39 is 11.6 Å². The van der Waals surface area contributed by atoms with Crippen molar-refractivity contribution in [3.05, 3.63) is 29.3 Å². The van der Waals surface area contributed by atoms with Gasteiger partial charge in [-0.05, 0) is 12.1 Å². The fourth-order valence-electron chi connectivity index (χ4n) is 0.885. The van der Waals surface area contributed by atoms with Crippen LogP contribution in [0.25, 0.3) is 0 Å². The lowest BCUT2D eigenvalue weighted by molar-refractivity contribution is 0.371. The summed E-state index contributed by atoms with van der Waals surface area (Å²) in [6.45, 7) is 0. The molecule has 0 radical (unpaired) electrons. The molecule has 0 bridgehead atoms. The van der Waals surface area contributed by atoms with Gasteiger partial charge in [-0.15, -0.1) is 0 Å². The molecule has 2 nitrogen and oxygen atoms in total. The Bertz CT molecular complexity index is 452.